The third-order valence-electron chi connectivity index (χ3n) is 3.39. The van der Waals surface area contributed by atoms with Crippen LogP contribution in [0.2, 0.25) is 0 Å². The zero-order valence-corrected chi connectivity index (χ0v) is 12.7. The lowest BCUT2D eigenvalue weighted by Gasteiger charge is -2.39. The molecule has 0 spiro atoms. The number of nitrogens with one attached hydrogen (secondary N) is 2. The standard InChI is InChI=1S/C13H25N3S/c1-7-8-11-14-10(9-17-11)15-16-13(5,6)12(2,3)4/h9,15-16H,7-8H2,1-6H3. The molecule has 0 aliphatic carbocycles. The highest BCUT2D eigenvalue weighted by Crippen LogP contribution is 2.29. The van der Waals surface area contributed by atoms with Crippen molar-refractivity contribution in [2.24, 2.45) is 5.41 Å². The van der Waals surface area contributed by atoms with Crippen molar-refractivity contribution in [1.82, 2.24) is 10.4 Å². The fourth-order valence-corrected chi connectivity index (χ4v) is 1.94. The summed E-state index contributed by atoms with van der Waals surface area (Å²) in [4.78, 5) is 4.53. The highest BCUT2D eigenvalue weighted by atomic mass is 32.1. The Morgan fingerprint density at radius 1 is 1.24 bits per heavy atom. The van der Waals surface area contributed by atoms with Gasteiger partial charge in [-0.2, -0.15) is 0 Å². The summed E-state index contributed by atoms with van der Waals surface area (Å²) >= 11 is 1.72. The maximum Gasteiger partial charge on any atom is 0.151 e. The van der Waals surface area contributed by atoms with Gasteiger partial charge in [-0.25, -0.2) is 10.4 Å². The average molecular weight is 255 g/mol. The van der Waals surface area contributed by atoms with Crippen molar-refractivity contribution in [2.45, 2.75) is 59.9 Å². The highest BCUT2D eigenvalue weighted by molar-refractivity contribution is 7.10. The number of hydrogen-bond acceptors (Lipinski definition) is 4. The summed E-state index contributed by atoms with van der Waals surface area (Å²) in [6, 6.07) is 0. The van der Waals surface area contributed by atoms with Crippen LogP contribution in [-0.4, -0.2) is 10.5 Å². The van der Waals surface area contributed by atoms with Gasteiger partial charge in [-0.05, 0) is 32.1 Å². The lowest BCUT2D eigenvalue weighted by atomic mass is 9.77. The van der Waals surface area contributed by atoms with E-state index in [1.165, 1.54) is 5.01 Å². The molecule has 0 bridgehead atoms. The van der Waals surface area contributed by atoms with Gasteiger partial charge in [-0.1, -0.05) is 27.7 Å². The minimum atomic E-state index is 0.00152. The Labute approximate surface area is 109 Å². The second-order valence-electron chi connectivity index (χ2n) is 6.00. The molecule has 1 aromatic rings. The second kappa shape index (κ2) is 5.36. The monoisotopic (exact) mass is 255 g/mol. The smallest absolute Gasteiger partial charge is 0.151 e. The van der Waals surface area contributed by atoms with Crippen LogP contribution in [0, 0.1) is 5.41 Å². The molecule has 0 aliphatic rings. The zero-order chi connectivity index (χ0) is 13.1. The summed E-state index contributed by atoms with van der Waals surface area (Å²) < 4.78 is 0. The lowest BCUT2D eigenvalue weighted by molar-refractivity contribution is 0.188. The first-order chi connectivity index (χ1) is 7.76. The number of anilines is 1. The van der Waals surface area contributed by atoms with Crippen LogP contribution in [0.5, 0.6) is 0 Å². The molecule has 1 heterocycles. The summed E-state index contributed by atoms with van der Waals surface area (Å²) in [5.74, 6) is 0.927. The zero-order valence-electron chi connectivity index (χ0n) is 11.8. The summed E-state index contributed by atoms with van der Waals surface area (Å²) in [7, 11) is 0. The molecule has 0 radical (unpaired) electrons. The molecule has 0 amide bonds. The normalized spacial score (nSPS) is 12.8. The Kier molecular flexibility index (Phi) is 4.55. The van der Waals surface area contributed by atoms with Crippen LogP contribution in [-0.2, 0) is 6.42 Å². The van der Waals surface area contributed by atoms with E-state index in [4.69, 9.17) is 0 Å². The molecule has 0 saturated heterocycles. The molecule has 17 heavy (non-hydrogen) atoms. The second-order valence-corrected chi connectivity index (χ2v) is 6.94. The Hall–Kier alpha value is -0.610. The molecule has 0 unspecified atom stereocenters. The van der Waals surface area contributed by atoms with Gasteiger partial charge in [-0.3, -0.25) is 0 Å². The molecule has 0 saturated carbocycles. The van der Waals surface area contributed by atoms with E-state index in [2.05, 4.69) is 62.8 Å². The van der Waals surface area contributed by atoms with Crippen LogP contribution in [0.3, 0.4) is 0 Å². The summed E-state index contributed by atoms with van der Waals surface area (Å²) in [6.07, 6.45) is 2.21. The number of aromatic nitrogens is 1. The van der Waals surface area contributed by atoms with Gasteiger partial charge in [0.05, 0.1) is 5.01 Å². The van der Waals surface area contributed by atoms with Crippen LogP contribution < -0.4 is 10.9 Å². The third kappa shape index (κ3) is 3.96. The molecular weight excluding hydrogens is 230 g/mol. The number of hydrazine groups is 1. The molecule has 3 nitrogen and oxygen atoms in total. The minimum absolute atomic E-state index is 0.00152. The van der Waals surface area contributed by atoms with Crippen LogP contribution in [0.25, 0.3) is 0 Å². The van der Waals surface area contributed by atoms with Crippen LogP contribution in [0.15, 0.2) is 5.38 Å². The van der Waals surface area contributed by atoms with Gasteiger partial charge in [0.25, 0.3) is 0 Å². The molecule has 98 valence electrons. The van der Waals surface area contributed by atoms with Crippen molar-refractivity contribution < 1.29 is 0 Å². The van der Waals surface area contributed by atoms with Crippen molar-refractivity contribution in [1.29, 1.82) is 0 Å². The predicted octanol–water partition coefficient (Wildman–Crippen LogP) is 3.84. The number of rotatable bonds is 5. The van der Waals surface area contributed by atoms with Crippen LogP contribution >= 0.6 is 11.3 Å². The van der Waals surface area contributed by atoms with Gasteiger partial charge in [-0.15, -0.1) is 11.3 Å². The topological polar surface area (TPSA) is 37.0 Å². The van der Waals surface area contributed by atoms with E-state index in [-0.39, 0.29) is 11.0 Å². The Bertz CT molecular complexity index is 350. The molecule has 4 heteroatoms. The Morgan fingerprint density at radius 3 is 2.41 bits per heavy atom. The summed E-state index contributed by atoms with van der Waals surface area (Å²) in [5, 5.41) is 3.27. The molecule has 1 aromatic heterocycles. The maximum absolute atomic E-state index is 4.53. The van der Waals surface area contributed by atoms with Crippen molar-refractivity contribution in [3.63, 3.8) is 0 Å². The number of aryl methyl sites for hydroxylation is 1. The van der Waals surface area contributed by atoms with E-state index < -0.39 is 0 Å². The van der Waals surface area contributed by atoms with Gasteiger partial charge in [0.2, 0.25) is 0 Å². The summed E-state index contributed by atoms with van der Waals surface area (Å²) in [5.41, 5.74) is 6.77. The molecular formula is C13H25N3S. The third-order valence-corrected chi connectivity index (χ3v) is 4.30. The van der Waals surface area contributed by atoms with Crippen molar-refractivity contribution >= 4 is 17.2 Å². The molecule has 1 rings (SSSR count). The van der Waals surface area contributed by atoms with Crippen LogP contribution in [0.4, 0.5) is 5.82 Å². The van der Waals surface area contributed by atoms with E-state index in [0.29, 0.717) is 0 Å². The predicted molar refractivity (Wildman–Crippen MR) is 76.4 cm³/mol. The number of thiazole rings is 1. The SMILES string of the molecule is CCCc1nc(NNC(C)(C)C(C)(C)C)cs1. The van der Waals surface area contributed by atoms with Gasteiger partial charge in [0.15, 0.2) is 5.82 Å². The first-order valence-electron chi connectivity index (χ1n) is 6.24. The summed E-state index contributed by atoms with van der Waals surface area (Å²) in [6.45, 7) is 13.2. The molecule has 0 aliphatic heterocycles. The minimum Gasteiger partial charge on any atom is -0.305 e. The number of hydrogen-bond donors (Lipinski definition) is 2. The largest absolute Gasteiger partial charge is 0.305 e. The van der Waals surface area contributed by atoms with E-state index in [1.54, 1.807) is 11.3 Å². The van der Waals surface area contributed by atoms with Gasteiger partial charge in [0, 0.05) is 10.9 Å². The van der Waals surface area contributed by atoms with Crippen molar-refractivity contribution in [3.05, 3.63) is 10.4 Å². The van der Waals surface area contributed by atoms with Crippen LogP contribution in [0.1, 0.15) is 53.0 Å². The molecule has 0 atom stereocenters. The number of nitrogens with zero attached hydrogens (tertiary/aromatic N) is 1. The van der Waals surface area contributed by atoms with E-state index >= 15 is 0 Å². The van der Waals surface area contributed by atoms with Gasteiger partial charge < -0.3 is 5.43 Å². The van der Waals surface area contributed by atoms with Crippen molar-refractivity contribution in [3.8, 4) is 0 Å². The van der Waals surface area contributed by atoms with E-state index in [0.717, 1.165) is 18.7 Å². The first-order valence-corrected chi connectivity index (χ1v) is 7.12. The van der Waals surface area contributed by atoms with Gasteiger partial charge >= 0.3 is 0 Å². The highest BCUT2D eigenvalue weighted by Gasteiger charge is 2.32. The molecule has 2 N–H and O–H groups in total. The van der Waals surface area contributed by atoms with Crippen molar-refractivity contribution in [2.75, 3.05) is 5.43 Å². The molecule has 0 aromatic carbocycles. The maximum atomic E-state index is 4.53. The van der Waals surface area contributed by atoms with E-state index in [1.807, 2.05) is 0 Å². The molecule has 0 fully saturated rings. The fourth-order valence-electron chi connectivity index (χ4n) is 1.10. The fraction of sp³-hybridized carbons (Fsp3) is 0.769. The quantitative estimate of drug-likeness (QED) is 0.785. The first kappa shape index (κ1) is 14.5. The van der Waals surface area contributed by atoms with Gasteiger partial charge in [0.1, 0.15) is 0 Å². The average Bonchev–Trinajstić information content (AvgIpc) is 2.62. The van der Waals surface area contributed by atoms with E-state index in [9.17, 15) is 0 Å². The Balaban J connectivity index is 2.55. The Morgan fingerprint density at radius 2 is 1.88 bits per heavy atom. The lowest BCUT2D eigenvalue weighted by Crippen LogP contribution is -2.52.